The molecule has 1 aromatic heterocycles. The van der Waals surface area contributed by atoms with Gasteiger partial charge in [0.15, 0.2) is 0 Å². The van der Waals surface area contributed by atoms with Gasteiger partial charge in [-0.25, -0.2) is 4.98 Å². The molecule has 156 valence electrons. The van der Waals surface area contributed by atoms with Crippen LogP contribution in [0, 0.1) is 6.92 Å². The Kier molecular flexibility index (Phi) is 7.03. The lowest BCUT2D eigenvalue weighted by atomic mass is 10.2. The van der Waals surface area contributed by atoms with Crippen LogP contribution in [0.25, 0.3) is 0 Å². The van der Waals surface area contributed by atoms with Crippen molar-refractivity contribution in [1.82, 2.24) is 4.98 Å². The van der Waals surface area contributed by atoms with Crippen molar-refractivity contribution in [2.45, 2.75) is 26.9 Å². The molecule has 0 unspecified atom stereocenters. The quantitative estimate of drug-likeness (QED) is 0.565. The lowest BCUT2D eigenvalue weighted by molar-refractivity contribution is -0.116. The summed E-state index contributed by atoms with van der Waals surface area (Å²) in [6.45, 7) is 3.79. The van der Waals surface area contributed by atoms with Gasteiger partial charge in [0.2, 0.25) is 11.8 Å². The summed E-state index contributed by atoms with van der Waals surface area (Å²) in [6.07, 6.45) is 0.141. The van der Waals surface area contributed by atoms with E-state index in [4.69, 9.17) is 9.47 Å². The lowest BCUT2D eigenvalue weighted by Gasteiger charge is -2.11. The van der Waals surface area contributed by atoms with E-state index >= 15 is 0 Å². The van der Waals surface area contributed by atoms with Crippen molar-refractivity contribution in [3.63, 3.8) is 0 Å². The Hall–Kier alpha value is -3.39. The van der Waals surface area contributed by atoms with Crippen LogP contribution in [0.3, 0.4) is 0 Å². The van der Waals surface area contributed by atoms with Crippen LogP contribution in [-0.2, 0) is 22.6 Å². The predicted molar refractivity (Wildman–Crippen MR) is 117 cm³/mol. The van der Waals surface area contributed by atoms with Gasteiger partial charge in [0.25, 0.3) is 0 Å². The minimum Gasteiger partial charge on any atom is -0.495 e. The average molecular weight is 426 g/mol. The van der Waals surface area contributed by atoms with Crippen molar-refractivity contribution in [1.29, 1.82) is 0 Å². The topological polar surface area (TPSA) is 89.6 Å². The van der Waals surface area contributed by atoms with Crippen molar-refractivity contribution in [2.24, 2.45) is 0 Å². The van der Waals surface area contributed by atoms with Gasteiger partial charge in [-0.3, -0.25) is 9.59 Å². The summed E-state index contributed by atoms with van der Waals surface area (Å²) in [5.41, 5.74) is 2.90. The third-order valence-electron chi connectivity index (χ3n) is 4.12. The monoisotopic (exact) mass is 425 g/mol. The molecule has 0 aliphatic rings. The number of ether oxygens (including phenoxy) is 2. The van der Waals surface area contributed by atoms with Crippen LogP contribution in [-0.4, -0.2) is 23.9 Å². The fourth-order valence-corrected chi connectivity index (χ4v) is 3.42. The van der Waals surface area contributed by atoms with E-state index in [0.29, 0.717) is 29.4 Å². The van der Waals surface area contributed by atoms with E-state index in [1.165, 1.54) is 30.9 Å². The van der Waals surface area contributed by atoms with Gasteiger partial charge in [0.05, 0.1) is 24.9 Å². The average Bonchev–Trinajstić information content (AvgIpc) is 3.14. The van der Waals surface area contributed by atoms with Crippen molar-refractivity contribution >= 4 is 34.5 Å². The largest absolute Gasteiger partial charge is 0.495 e. The maximum atomic E-state index is 12.4. The maximum Gasteiger partial charge on any atom is 0.230 e. The molecular formula is C22H23N3O4S. The number of methoxy groups -OCH3 is 1. The Labute approximate surface area is 179 Å². The second kappa shape index (κ2) is 9.89. The molecule has 30 heavy (non-hydrogen) atoms. The smallest absolute Gasteiger partial charge is 0.230 e. The van der Waals surface area contributed by atoms with E-state index in [0.717, 1.165) is 10.8 Å². The molecule has 0 saturated heterocycles. The van der Waals surface area contributed by atoms with E-state index in [9.17, 15) is 9.59 Å². The van der Waals surface area contributed by atoms with Crippen molar-refractivity contribution in [3.05, 3.63) is 64.1 Å². The first-order chi connectivity index (χ1) is 14.4. The van der Waals surface area contributed by atoms with Crippen molar-refractivity contribution in [3.8, 4) is 11.5 Å². The number of carbonyl (C=O) groups excluding carboxylic acids is 2. The lowest BCUT2D eigenvalue weighted by Crippen LogP contribution is -2.15. The normalized spacial score (nSPS) is 10.4. The molecule has 1 heterocycles. The van der Waals surface area contributed by atoms with E-state index in [1.54, 1.807) is 18.2 Å². The van der Waals surface area contributed by atoms with Gasteiger partial charge in [-0.15, -0.1) is 11.3 Å². The standard InChI is InChI=1S/C22H23N3O4S/c1-14-4-7-18(8-5-14)29-12-22-25-17(13-30-22)11-21(27)24-16-6-9-20(28-3)19(10-16)23-15(2)26/h4-10,13H,11-12H2,1-3H3,(H,23,26)(H,24,27). The fraction of sp³-hybridized carbons (Fsp3) is 0.227. The number of thiazole rings is 1. The van der Waals surface area contributed by atoms with Crippen LogP contribution < -0.4 is 20.1 Å². The highest BCUT2D eigenvalue weighted by Crippen LogP contribution is 2.28. The zero-order valence-electron chi connectivity index (χ0n) is 17.0. The molecule has 0 radical (unpaired) electrons. The molecule has 8 heteroatoms. The van der Waals surface area contributed by atoms with E-state index in [2.05, 4.69) is 15.6 Å². The molecule has 0 aliphatic carbocycles. The highest BCUT2D eigenvalue weighted by Gasteiger charge is 2.11. The molecule has 0 saturated carbocycles. The van der Waals surface area contributed by atoms with E-state index < -0.39 is 0 Å². The molecule has 3 aromatic rings. The van der Waals surface area contributed by atoms with Gasteiger partial charge < -0.3 is 20.1 Å². The number of benzene rings is 2. The van der Waals surface area contributed by atoms with E-state index in [1.807, 2.05) is 36.6 Å². The highest BCUT2D eigenvalue weighted by atomic mass is 32.1. The minimum absolute atomic E-state index is 0.141. The van der Waals surface area contributed by atoms with Gasteiger partial charge >= 0.3 is 0 Å². The fourth-order valence-electron chi connectivity index (χ4n) is 2.72. The Morgan fingerprint density at radius 2 is 1.87 bits per heavy atom. The summed E-state index contributed by atoms with van der Waals surface area (Å²) in [5.74, 6) is 0.871. The van der Waals surface area contributed by atoms with E-state index in [-0.39, 0.29) is 18.2 Å². The molecule has 2 N–H and O–H groups in total. The predicted octanol–water partition coefficient (Wildman–Crippen LogP) is 4.18. The number of carbonyl (C=O) groups is 2. The van der Waals surface area contributed by atoms with Crippen molar-refractivity contribution < 1.29 is 19.1 Å². The van der Waals surface area contributed by atoms with Crippen LogP contribution in [0.4, 0.5) is 11.4 Å². The first kappa shape index (κ1) is 21.3. The van der Waals surface area contributed by atoms with Crippen LogP contribution in [0.15, 0.2) is 47.8 Å². The number of hydrogen-bond acceptors (Lipinski definition) is 6. The second-order valence-electron chi connectivity index (χ2n) is 6.66. The summed E-state index contributed by atoms with van der Waals surface area (Å²) in [6, 6.07) is 12.9. The van der Waals surface area contributed by atoms with Crippen LogP contribution in [0.2, 0.25) is 0 Å². The zero-order valence-corrected chi connectivity index (χ0v) is 17.8. The summed E-state index contributed by atoms with van der Waals surface area (Å²) >= 11 is 1.45. The summed E-state index contributed by atoms with van der Waals surface area (Å²) < 4.78 is 10.9. The van der Waals surface area contributed by atoms with Gasteiger partial charge in [-0.05, 0) is 37.3 Å². The number of nitrogens with zero attached hydrogens (tertiary/aromatic N) is 1. The third-order valence-corrected chi connectivity index (χ3v) is 4.99. The zero-order chi connectivity index (χ0) is 21.5. The van der Waals surface area contributed by atoms with Crippen molar-refractivity contribution in [2.75, 3.05) is 17.7 Å². The maximum absolute atomic E-state index is 12.4. The Morgan fingerprint density at radius 1 is 1.10 bits per heavy atom. The summed E-state index contributed by atoms with van der Waals surface area (Å²) in [7, 11) is 1.52. The summed E-state index contributed by atoms with van der Waals surface area (Å²) in [4.78, 5) is 28.2. The van der Waals surface area contributed by atoms with Gasteiger partial charge in [-0.2, -0.15) is 0 Å². The molecule has 0 atom stereocenters. The van der Waals surface area contributed by atoms with Crippen LogP contribution in [0.5, 0.6) is 11.5 Å². The summed E-state index contributed by atoms with van der Waals surface area (Å²) in [5, 5.41) is 8.15. The molecule has 0 spiro atoms. The molecule has 2 amide bonds. The number of aryl methyl sites for hydroxylation is 1. The number of amides is 2. The first-order valence-corrected chi connectivity index (χ1v) is 10.2. The molecule has 3 rings (SSSR count). The second-order valence-corrected chi connectivity index (χ2v) is 7.60. The third kappa shape index (κ3) is 6.05. The molecule has 0 aliphatic heterocycles. The Balaban J connectivity index is 1.56. The van der Waals surface area contributed by atoms with Crippen LogP contribution >= 0.6 is 11.3 Å². The molecular weight excluding hydrogens is 402 g/mol. The van der Waals surface area contributed by atoms with Gasteiger partial charge in [0.1, 0.15) is 23.1 Å². The molecule has 0 fully saturated rings. The SMILES string of the molecule is COc1ccc(NC(=O)Cc2csc(COc3ccc(C)cc3)n2)cc1NC(C)=O. The molecule has 0 bridgehead atoms. The first-order valence-electron chi connectivity index (χ1n) is 9.31. The Bertz CT molecular complexity index is 1030. The minimum atomic E-state index is -0.223. The van der Waals surface area contributed by atoms with Crippen LogP contribution in [0.1, 0.15) is 23.2 Å². The number of nitrogens with one attached hydrogen (secondary N) is 2. The number of aromatic nitrogens is 1. The number of hydrogen-bond donors (Lipinski definition) is 2. The number of anilines is 2. The molecule has 7 nitrogen and oxygen atoms in total. The van der Waals surface area contributed by atoms with Gasteiger partial charge in [0, 0.05) is 18.0 Å². The number of rotatable bonds is 8. The molecule has 2 aromatic carbocycles. The Morgan fingerprint density at radius 3 is 2.57 bits per heavy atom. The van der Waals surface area contributed by atoms with Gasteiger partial charge in [-0.1, -0.05) is 17.7 Å². The highest BCUT2D eigenvalue weighted by molar-refractivity contribution is 7.09.